The van der Waals surface area contributed by atoms with Crippen LogP contribution in [0.5, 0.6) is 0 Å². The number of nitrogens with zero attached hydrogens (tertiary/aromatic N) is 3. The number of piperazine rings is 1. The number of hydrogen-bond acceptors (Lipinski definition) is 3. The van der Waals surface area contributed by atoms with Crippen LogP contribution in [0.3, 0.4) is 0 Å². The predicted molar refractivity (Wildman–Crippen MR) is 85.7 cm³/mol. The molecule has 0 radical (unpaired) electrons. The number of aromatic nitrogens is 2. The molecule has 1 amide bonds. The highest BCUT2D eigenvalue weighted by molar-refractivity contribution is 5.94. The molecule has 1 unspecified atom stereocenters. The summed E-state index contributed by atoms with van der Waals surface area (Å²) in [5, 5.41) is 7.50. The number of hydrogen-bond donors (Lipinski definition) is 1. The third-order valence-corrected chi connectivity index (χ3v) is 4.23. The Morgan fingerprint density at radius 2 is 2.14 bits per heavy atom. The largest absolute Gasteiger partial charge is 0.329 e. The van der Waals surface area contributed by atoms with Crippen LogP contribution in [0.4, 0.5) is 0 Å². The molecule has 116 valence electrons. The summed E-state index contributed by atoms with van der Waals surface area (Å²) in [6.45, 7) is 4.48. The molecule has 1 aromatic carbocycles. The Labute approximate surface area is 130 Å². The molecule has 5 heteroatoms. The zero-order chi connectivity index (χ0) is 15.5. The van der Waals surface area contributed by atoms with E-state index in [1.165, 1.54) is 11.1 Å². The summed E-state index contributed by atoms with van der Waals surface area (Å²) >= 11 is 0. The maximum atomic E-state index is 12.8. The summed E-state index contributed by atoms with van der Waals surface area (Å²) in [5.74, 6) is 0.0548. The van der Waals surface area contributed by atoms with Gasteiger partial charge in [-0.15, -0.1) is 0 Å². The van der Waals surface area contributed by atoms with Crippen LogP contribution in [0.15, 0.2) is 36.7 Å². The molecule has 1 aromatic heterocycles. The highest BCUT2D eigenvalue weighted by Crippen LogP contribution is 2.24. The van der Waals surface area contributed by atoms with Gasteiger partial charge in [0.2, 0.25) is 0 Å². The summed E-state index contributed by atoms with van der Waals surface area (Å²) in [7, 11) is 1.83. The molecule has 22 heavy (non-hydrogen) atoms. The number of nitrogens with one attached hydrogen (secondary N) is 1. The molecule has 0 saturated carbocycles. The van der Waals surface area contributed by atoms with E-state index >= 15 is 0 Å². The van der Waals surface area contributed by atoms with Crippen molar-refractivity contribution in [2.45, 2.75) is 19.4 Å². The Balaban J connectivity index is 1.85. The van der Waals surface area contributed by atoms with Crippen LogP contribution in [0.2, 0.25) is 0 Å². The molecule has 0 spiro atoms. The molecule has 2 aromatic rings. The van der Waals surface area contributed by atoms with Gasteiger partial charge in [0.25, 0.3) is 5.91 Å². The van der Waals surface area contributed by atoms with E-state index in [-0.39, 0.29) is 11.9 Å². The summed E-state index contributed by atoms with van der Waals surface area (Å²) in [6, 6.07) is 8.65. The van der Waals surface area contributed by atoms with E-state index in [1.54, 1.807) is 17.1 Å². The van der Waals surface area contributed by atoms with Crippen molar-refractivity contribution in [2.75, 3.05) is 19.6 Å². The van der Waals surface area contributed by atoms with Gasteiger partial charge >= 0.3 is 0 Å². The topological polar surface area (TPSA) is 50.2 Å². The van der Waals surface area contributed by atoms with Crippen molar-refractivity contribution in [1.29, 1.82) is 0 Å². The first kappa shape index (κ1) is 14.8. The lowest BCUT2D eigenvalue weighted by Gasteiger charge is -2.36. The standard InChI is InChI=1S/C17H22N4O/c1-3-13-4-6-14(7-5-13)16-11-18-8-9-21(16)17(22)15-10-19-20(2)12-15/h4-7,10,12,16,18H,3,8-9,11H2,1-2H3. The van der Waals surface area contributed by atoms with Crippen molar-refractivity contribution < 1.29 is 4.79 Å². The average molecular weight is 298 g/mol. The Bertz CT molecular complexity index is 647. The second kappa shape index (κ2) is 6.32. The second-order valence-electron chi connectivity index (χ2n) is 5.72. The molecule has 0 aliphatic carbocycles. The molecule has 1 fully saturated rings. The Morgan fingerprint density at radius 3 is 2.77 bits per heavy atom. The molecule has 0 bridgehead atoms. The third-order valence-electron chi connectivity index (χ3n) is 4.23. The van der Waals surface area contributed by atoms with Crippen molar-refractivity contribution in [3.8, 4) is 0 Å². The molecule has 1 aliphatic heterocycles. The molecule has 1 atom stereocenters. The first-order valence-corrected chi connectivity index (χ1v) is 7.78. The van der Waals surface area contributed by atoms with Crippen LogP contribution in [-0.2, 0) is 13.5 Å². The normalized spacial score (nSPS) is 18.5. The van der Waals surface area contributed by atoms with Crippen LogP contribution >= 0.6 is 0 Å². The van der Waals surface area contributed by atoms with Gasteiger partial charge in [-0.05, 0) is 17.5 Å². The molecule has 2 heterocycles. The van der Waals surface area contributed by atoms with E-state index in [0.717, 1.165) is 19.5 Å². The average Bonchev–Trinajstić information content (AvgIpc) is 3.01. The summed E-state index contributed by atoms with van der Waals surface area (Å²) in [6.07, 6.45) is 4.45. The molecule has 1 aliphatic rings. The van der Waals surface area contributed by atoms with Crippen molar-refractivity contribution >= 4 is 5.91 Å². The minimum Gasteiger partial charge on any atom is -0.329 e. The van der Waals surface area contributed by atoms with Gasteiger partial charge in [0.15, 0.2) is 0 Å². The molecule has 1 N–H and O–H groups in total. The van der Waals surface area contributed by atoms with Crippen molar-refractivity contribution in [3.05, 3.63) is 53.3 Å². The molecule has 1 saturated heterocycles. The molecular weight excluding hydrogens is 276 g/mol. The lowest BCUT2D eigenvalue weighted by molar-refractivity contribution is 0.0634. The number of rotatable bonds is 3. The van der Waals surface area contributed by atoms with Crippen LogP contribution in [0.25, 0.3) is 0 Å². The van der Waals surface area contributed by atoms with Crippen molar-refractivity contribution in [3.63, 3.8) is 0 Å². The van der Waals surface area contributed by atoms with E-state index in [2.05, 4.69) is 41.6 Å². The smallest absolute Gasteiger partial charge is 0.257 e. The fraction of sp³-hybridized carbons (Fsp3) is 0.412. The van der Waals surface area contributed by atoms with Gasteiger partial charge < -0.3 is 10.2 Å². The highest BCUT2D eigenvalue weighted by atomic mass is 16.2. The van der Waals surface area contributed by atoms with Crippen LogP contribution in [0, 0.1) is 0 Å². The Morgan fingerprint density at radius 1 is 1.36 bits per heavy atom. The van der Waals surface area contributed by atoms with Gasteiger partial charge in [-0.1, -0.05) is 31.2 Å². The monoisotopic (exact) mass is 298 g/mol. The second-order valence-corrected chi connectivity index (χ2v) is 5.72. The lowest BCUT2D eigenvalue weighted by atomic mass is 10.0. The highest BCUT2D eigenvalue weighted by Gasteiger charge is 2.29. The quantitative estimate of drug-likeness (QED) is 0.939. The number of carbonyl (C=O) groups excluding carboxylic acids is 1. The van der Waals surface area contributed by atoms with E-state index in [4.69, 9.17) is 0 Å². The minimum atomic E-state index is 0.0548. The molecule has 5 nitrogen and oxygen atoms in total. The maximum Gasteiger partial charge on any atom is 0.257 e. The van der Waals surface area contributed by atoms with E-state index in [1.807, 2.05) is 11.9 Å². The summed E-state index contributed by atoms with van der Waals surface area (Å²) in [4.78, 5) is 14.7. The first-order chi connectivity index (χ1) is 10.7. The van der Waals surface area contributed by atoms with Gasteiger partial charge in [-0.25, -0.2) is 0 Å². The van der Waals surface area contributed by atoms with Crippen molar-refractivity contribution in [1.82, 2.24) is 20.0 Å². The number of carbonyl (C=O) groups is 1. The fourth-order valence-corrected chi connectivity index (χ4v) is 2.92. The molecule has 3 rings (SSSR count). The summed E-state index contributed by atoms with van der Waals surface area (Å²) in [5.41, 5.74) is 3.15. The zero-order valence-electron chi connectivity index (χ0n) is 13.1. The van der Waals surface area contributed by atoms with Gasteiger partial charge in [-0.3, -0.25) is 9.48 Å². The number of amides is 1. The van der Waals surface area contributed by atoms with E-state index in [0.29, 0.717) is 12.1 Å². The SMILES string of the molecule is CCc1ccc(C2CNCCN2C(=O)c2cnn(C)c2)cc1. The van der Waals surface area contributed by atoms with Gasteiger partial charge in [-0.2, -0.15) is 5.10 Å². The van der Waals surface area contributed by atoms with Crippen LogP contribution < -0.4 is 5.32 Å². The Hall–Kier alpha value is -2.14. The van der Waals surface area contributed by atoms with E-state index < -0.39 is 0 Å². The van der Waals surface area contributed by atoms with Crippen LogP contribution in [0.1, 0.15) is 34.5 Å². The minimum absolute atomic E-state index is 0.0548. The van der Waals surface area contributed by atoms with Crippen LogP contribution in [-0.4, -0.2) is 40.2 Å². The predicted octanol–water partition coefficient (Wildman–Crippen LogP) is 1.77. The van der Waals surface area contributed by atoms with Gasteiger partial charge in [0.1, 0.15) is 0 Å². The lowest BCUT2D eigenvalue weighted by Crippen LogP contribution is -2.48. The van der Waals surface area contributed by atoms with Crippen molar-refractivity contribution in [2.24, 2.45) is 7.05 Å². The number of benzene rings is 1. The zero-order valence-corrected chi connectivity index (χ0v) is 13.1. The Kier molecular flexibility index (Phi) is 4.24. The van der Waals surface area contributed by atoms with Gasteiger partial charge in [0, 0.05) is 32.9 Å². The van der Waals surface area contributed by atoms with Gasteiger partial charge in [0.05, 0.1) is 17.8 Å². The third kappa shape index (κ3) is 2.90. The number of aryl methyl sites for hydroxylation is 2. The first-order valence-electron chi connectivity index (χ1n) is 7.78. The maximum absolute atomic E-state index is 12.8. The fourth-order valence-electron chi connectivity index (χ4n) is 2.92. The van der Waals surface area contributed by atoms with E-state index in [9.17, 15) is 4.79 Å². The summed E-state index contributed by atoms with van der Waals surface area (Å²) < 4.78 is 1.67. The molecular formula is C17H22N4O.